The molecule has 0 aliphatic rings. The first-order valence-corrected chi connectivity index (χ1v) is 6.44. The quantitative estimate of drug-likeness (QED) is 0.873. The largest absolute Gasteiger partial charge is 0.491 e. The van der Waals surface area contributed by atoms with Crippen LogP contribution in [0.4, 0.5) is 0 Å². The summed E-state index contributed by atoms with van der Waals surface area (Å²) in [6, 6.07) is 8.05. The standard InChI is InChI=1S/C15H26N2O/c1-11(2)18-13-9-7-12(8-10-13)14(16)15(3,4)17(5)6/h7-11,14H,16H2,1-6H3. The van der Waals surface area contributed by atoms with Crippen molar-refractivity contribution >= 4 is 0 Å². The van der Waals surface area contributed by atoms with Gasteiger partial charge < -0.3 is 15.4 Å². The topological polar surface area (TPSA) is 38.5 Å². The van der Waals surface area contributed by atoms with Crippen LogP contribution in [0.25, 0.3) is 0 Å². The van der Waals surface area contributed by atoms with E-state index in [0.29, 0.717) is 0 Å². The van der Waals surface area contributed by atoms with Crippen LogP contribution in [0, 0.1) is 0 Å². The summed E-state index contributed by atoms with van der Waals surface area (Å²) >= 11 is 0. The minimum atomic E-state index is -0.0829. The van der Waals surface area contributed by atoms with Crippen LogP contribution in [0.5, 0.6) is 5.75 Å². The van der Waals surface area contributed by atoms with E-state index in [1.165, 1.54) is 0 Å². The summed E-state index contributed by atoms with van der Waals surface area (Å²) in [7, 11) is 4.10. The second-order valence-electron chi connectivity index (χ2n) is 5.76. The van der Waals surface area contributed by atoms with Crippen LogP contribution in [-0.2, 0) is 0 Å². The Morgan fingerprint density at radius 1 is 1.11 bits per heavy atom. The van der Waals surface area contributed by atoms with E-state index < -0.39 is 0 Å². The summed E-state index contributed by atoms with van der Waals surface area (Å²) in [6.07, 6.45) is 0.197. The van der Waals surface area contributed by atoms with E-state index in [9.17, 15) is 0 Å². The Bertz CT molecular complexity index is 369. The Balaban J connectivity index is 2.85. The third-order valence-electron chi connectivity index (χ3n) is 3.52. The highest BCUT2D eigenvalue weighted by Gasteiger charge is 2.29. The monoisotopic (exact) mass is 250 g/mol. The van der Waals surface area contributed by atoms with Gasteiger partial charge in [-0.2, -0.15) is 0 Å². The average molecular weight is 250 g/mol. The van der Waals surface area contributed by atoms with Crippen molar-refractivity contribution in [2.45, 2.75) is 45.4 Å². The van der Waals surface area contributed by atoms with Crippen molar-refractivity contribution in [1.82, 2.24) is 4.90 Å². The summed E-state index contributed by atoms with van der Waals surface area (Å²) in [5, 5.41) is 0. The first-order valence-electron chi connectivity index (χ1n) is 6.44. The molecule has 0 radical (unpaired) electrons. The zero-order valence-corrected chi connectivity index (χ0v) is 12.4. The SMILES string of the molecule is CC(C)Oc1ccc(C(N)C(C)(C)N(C)C)cc1. The van der Waals surface area contributed by atoms with E-state index in [4.69, 9.17) is 10.5 Å². The van der Waals surface area contributed by atoms with Crippen LogP contribution >= 0.6 is 0 Å². The Labute approximate surface area is 111 Å². The third-order valence-corrected chi connectivity index (χ3v) is 3.52. The molecule has 0 bridgehead atoms. The molecule has 0 heterocycles. The maximum absolute atomic E-state index is 6.34. The van der Waals surface area contributed by atoms with Crippen molar-refractivity contribution in [1.29, 1.82) is 0 Å². The van der Waals surface area contributed by atoms with Crippen molar-refractivity contribution in [3.63, 3.8) is 0 Å². The molecule has 0 saturated carbocycles. The van der Waals surface area contributed by atoms with Gasteiger partial charge >= 0.3 is 0 Å². The molecular formula is C15H26N2O. The molecule has 0 spiro atoms. The minimum absolute atomic E-state index is 0.0272. The van der Waals surface area contributed by atoms with E-state index in [1.807, 2.05) is 38.1 Å². The van der Waals surface area contributed by atoms with Gasteiger partial charge in [0.05, 0.1) is 6.10 Å². The van der Waals surface area contributed by atoms with Crippen LogP contribution in [0.1, 0.15) is 39.3 Å². The molecule has 1 atom stereocenters. The Morgan fingerprint density at radius 3 is 2.00 bits per heavy atom. The highest BCUT2D eigenvalue weighted by atomic mass is 16.5. The first-order chi connectivity index (χ1) is 8.25. The predicted molar refractivity (Wildman–Crippen MR) is 76.9 cm³/mol. The van der Waals surface area contributed by atoms with Crippen molar-refractivity contribution in [2.24, 2.45) is 5.73 Å². The molecule has 1 aromatic carbocycles. The summed E-state index contributed by atoms with van der Waals surface area (Å²) < 4.78 is 5.63. The normalized spacial score (nSPS) is 14.1. The molecule has 0 amide bonds. The van der Waals surface area contributed by atoms with E-state index in [-0.39, 0.29) is 17.7 Å². The van der Waals surface area contributed by atoms with Crippen LogP contribution in [0.15, 0.2) is 24.3 Å². The van der Waals surface area contributed by atoms with Gasteiger partial charge in [-0.1, -0.05) is 12.1 Å². The van der Waals surface area contributed by atoms with E-state index in [1.54, 1.807) is 0 Å². The van der Waals surface area contributed by atoms with Gasteiger partial charge in [-0.3, -0.25) is 0 Å². The van der Waals surface area contributed by atoms with Gasteiger partial charge in [-0.15, -0.1) is 0 Å². The fraction of sp³-hybridized carbons (Fsp3) is 0.600. The second-order valence-corrected chi connectivity index (χ2v) is 5.76. The second kappa shape index (κ2) is 5.72. The molecule has 3 heteroatoms. The Hall–Kier alpha value is -1.06. The van der Waals surface area contributed by atoms with Crippen LogP contribution < -0.4 is 10.5 Å². The summed E-state index contributed by atoms with van der Waals surface area (Å²) in [5.41, 5.74) is 7.39. The molecule has 102 valence electrons. The zero-order chi connectivity index (χ0) is 13.9. The fourth-order valence-corrected chi connectivity index (χ4v) is 1.71. The van der Waals surface area contributed by atoms with Gasteiger partial charge in [0.25, 0.3) is 0 Å². The van der Waals surface area contributed by atoms with E-state index >= 15 is 0 Å². The Morgan fingerprint density at radius 2 is 1.61 bits per heavy atom. The van der Waals surface area contributed by atoms with Gasteiger partial charge in [0.2, 0.25) is 0 Å². The number of benzene rings is 1. The van der Waals surface area contributed by atoms with Crippen LogP contribution in [-0.4, -0.2) is 30.6 Å². The number of hydrogen-bond acceptors (Lipinski definition) is 3. The van der Waals surface area contributed by atoms with Gasteiger partial charge in [0.1, 0.15) is 5.75 Å². The lowest BCUT2D eigenvalue weighted by atomic mass is 9.88. The van der Waals surface area contributed by atoms with Gasteiger partial charge in [0, 0.05) is 11.6 Å². The number of ether oxygens (including phenoxy) is 1. The van der Waals surface area contributed by atoms with E-state index in [0.717, 1.165) is 11.3 Å². The smallest absolute Gasteiger partial charge is 0.119 e. The highest BCUT2D eigenvalue weighted by Crippen LogP contribution is 2.28. The molecule has 0 aromatic heterocycles. The first kappa shape index (κ1) is 15.0. The molecule has 3 nitrogen and oxygen atoms in total. The van der Waals surface area contributed by atoms with Crippen molar-refractivity contribution in [3.8, 4) is 5.75 Å². The number of likely N-dealkylation sites (N-methyl/N-ethyl adjacent to an activating group) is 1. The number of hydrogen-bond donors (Lipinski definition) is 1. The van der Waals surface area contributed by atoms with Crippen molar-refractivity contribution in [2.75, 3.05) is 14.1 Å². The maximum atomic E-state index is 6.34. The molecule has 18 heavy (non-hydrogen) atoms. The number of rotatable bonds is 5. The summed E-state index contributed by atoms with van der Waals surface area (Å²) in [5.74, 6) is 0.892. The lowest BCUT2D eigenvalue weighted by molar-refractivity contribution is 0.159. The molecule has 0 fully saturated rings. The van der Waals surface area contributed by atoms with Crippen LogP contribution in [0.3, 0.4) is 0 Å². The summed E-state index contributed by atoms with van der Waals surface area (Å²) in [4.78, 5) is 2.15. The molecular weight excluding hydrogens is 224 g/mol. The number of nitrogens with two attached hydrogens (primary N) is 1. The van der Waals surface area contributed by atoms with E-state index in [2.05, 4.69) is 32.8 Å². The predicted octanol–water partition coefficient (Wildman–Crippen LogP) is 2.81. The lowest BCUT2D eigenvalue weighted by Gasteiger charge is -2.38. The Kier molecular flexibility index (Phi) is 4.77. The van der Waals surface area contributed by atoms with Gasteiger partial charge in [0.15, 0.2) is 0 Å². The molecule has 1 rings (SSSR count). The molecule has 0 aliphatic carbocycles. The molecule has 1 aromatic rings. The third kappa shape index (κ3) is 3.47. The highest BCUT2D eigenvalue weighted by molar-refractivity contribution is 5.30. The zero-order valence-electron chi connectivity index (χ0n) is 12.4. The molecule has 2 N–H and O–H groups in total. The van der Waals surface area contributed by atoms with Gasteiger partial charge in [-0.05, 0) is 59.5 Å². The van der Waals surface area contributed by atoms with Crippen molar-refractivity contribution in [3.05, 3.63) is 29.8 Å². The molecule has 0 saturated heterocycles. The maximum Gasteiger partial charge on any atom is 0.119 e. The minimum Gasteiger partial charge on any atom is -0.491 e. The molecule has 1 unspecified atom stereocenters. The van der Waals surface area contributed by atoms with Crippen LogP contribution in [0.2, 0.25) is 0 Å². The molecule has 0 aliphatic heterocycles. The fourth-order valence-electron chi connectivity index (χ4n) is 1.71. The lowest BCUT2D eigenvalue weighted by Crippen LogP contribution is -2.47. The summed E-state index contributed by atoms with van der Waals surface area (Å²) in [6.45, 7) is 8.34. The van der Waals surface area contributed by atoms with Crippen molar-refractivity contribution < 1.29 is 4.74 Å². The average Bonchev–Trinajstić information content (AvgIpc) is 2.28. The number of nitrogens with zero attached hydrogens (tertiary/aromatic N) is 1. The van der Waals surface area contributed by atoms with Gasteiger partial charge in [-0.25, -0.2) is 0 Å².